The first-order valence-electron chi connectivity index (χ1n) is 9.62. The van der Waals surface area contributed by atoms with Crippen LogP contribution in [0.25, 0.3) is 6.08 Å². The van der Waals surface area contributed by atoms with E-state index in [0.29, 0.717) is 18.7 Å². The van der Waals surface area contributed by atoms with Crippen LogP contribution in [-0.2, 0) is 40.8 Å². The minimum Gasteiger partial charge on any atom is 0 e. The Kier molecular flexibility index (Phi) is 17.9. The van der Waals surface area contributed by atoms with E-state index in [4.69, 9.17) is 18.7 Å². The summed E-state index contributed by atoms with van der Waals surface area (Å²) in [6.45, 7) is 15.7. The van der Waals surface area contributed by atoms with Gasteiger partial charge in [-0.1, -0.05) is 37.1 Å². The molecule has 1 saturated carbocycles. The Hall–Kier alpha value is -1.90. The number of nitrogens with zero attached hydrogens (tertiary/aromatic N) is 2. The number of rotatable bonds is 4. The predicted molar refractivity (Wildman–Crippen MR) is 108 cm³/mol. The van der Waals surface area contributed by atoms with Crippen molar-refractivity contribution in [3.8, 4) is 0 Å². The molecule has 2 atom stereocenters. The first-order valence-corrected chi connectivity index (χ1v) is 9.62. The second kappa shape index (κ2) is 17.7. The number of carbonyl (C=O) groups excluding carboxylic acids is 1. The Morgan fingerprint density at radius 1 is 1.03 bits per heavy atom. The molecule has 0 N–H and O–H groups in total. The molecule has 1 aromatic carbocycles. The minimum absolute atomic E-state index is 0. The molecule has 3 rings (SSSR count). The summed E-state index contributed by atoms with van der Waals surface area (Å²) < 4.78 is 27.5. The molecule has 0 radical (unpaired) electrons. The van der Waals surface area contributed by atoms with E-state index >= 15 is 0 Å². The third kappa shape index (κ3) is 8.28. The molecule has 0 amide bonds. The monoisotopic (exact) mass is 464 g/mol. The smallest absolute Gasteiger partial charge is 0 e. The van der Waals surface area contributed by atoms with Crippen molar-refractivity contribution in [1.29, 1.82) is 0 Å². The summed E-state index contributed by atoms with van der Waals surface area (Å²) in [5.74, 6) is -0.283. The summed E-state index contributed by atoms with van der Waals surface area (Å²) in [6.07, 6.45) is 8.90. The molecular formula is C23H28CrN2O5. The number of fused-ring (bicyclic) bond motifs is 1. The summed E-state index contributed by atoms with van der Waals surface area (Å²) in [5.41, 5.74) is 2.35. The molecule has 2 fully saturated rings. The van der Waals surface area contributed by atoms with Gasteiger partial charge in [0.15, 0.2) is 0 Å². The van der Waals surface area contributed by atoms with Crippen LogP contribution in [0.2, 0.25) is 0 Å². The summed E-state index contributed by atoms with van der Waals surface area (Å²) in [4.78, 5) is 16.7. The largest absolute Gasteiger partial charge is 0 e. The molecule has 1 aliphatic heterocycles. The summed E-state index contributed by atoms with van der Waals surface area (Å²) >= 11 is 0. The zero-order valence-corrected chi connectivity index (χ0v) is 19.4. The quantitative estimate of drug-likeness (QED) is 0.296. The number of hydrogen-bond donors (Lipinski definition) is 0. The van der Waals surface area contributed by atoms with Gasteiger partial charge < -0.3 is 4.74 Å². The van der Waals surface area contributed by atoms with Crippen LogP contribution < -0.4 is 0 Å². The predicted octanol–water partition coefficient (Wildman–Crippen LogP) is 3.33. The SMILES string of the molecule is CCOC(=O)/C=C/c1ccccc1C1N(C)[C@@H]2CCCC[C@H]2N1C.[C-]#[O+].[C-]#[O+].[C-]#[O+].[Cr]. The van der Waals surface area contributed by atoms with Crippen LogP contribution in [0.4, 0.5) is 0 Å². The van der Waals surface area contributed by atoms with E-state index in [9.17, 15) is 4.79 Å². The zero-order valence-electron chi connectivity index (χ0n) is 18.1. The molecule has 2 aliphatic rings. The Bertz CT molecular complexity index is 715. The number of likely N-dealkylation sites (N-methyl/N-ethyl adjacent to an activating group) is 2. The molecule has 7 nitrogen and oxygen atoms in total. The van der Waals surface area contributed by atoms with Crippen LogP contribution in [0, 0.1) is 20.0 Å². The van der Waals surface area contributed by atoms with Crippen molar-refractivity contribution >= 4 is 12.0 Å². The van der Waals surface area contributed by atoms with Gasteiger partial charge in [0.2, 0.25) is 0 Å². The van der Waals surface area contributed by atoms with Crippen molar-refractivity contribution in [2.45, 2.75) is 50.9 Å². The van der Waals surface area contributed by atoms with Crippen molar-refractivity contribution in [3.63, 3.8) is 0 Å². The Morgan fingerprint density at radius 2 is 1.52 bits per heavy atom. The van der Waals surface area contributed by atoms with Gasteiger partial charge in [-0.2, -0.15) is 0 Å². The maximum Gasteiger partial charge on any atom is 0 e. The Morgan fingerprint density at radius 3 is 2.00 bits per heavy atom. The van der Waals surface area contributed by atoms with Gasteiger partial charge >= 0.3 is 39.9 Å². The third-order valence-electron chi connectivity index (χ3n) is 5.47. The van der Waals surface area contributed by atoms with E-state index in [2.05, 4.69) is 62.0 Å². The fourth-order valence-corrected chi connectivity index (χ4v) is 4.38. The second-order valence-electron chi connectivity index (χ2n) is 6.84. The van der Waals surface area contributed by atoms with Gasteiger partial charge in [0, 0.05) is 35.5 Å². The minimum atomic E-state index is -0.283. The van der Waals surface area contributed by atoms with E-state index in [1.54, 1.807) is 0 Å². The summed E-state index contributed by atoms with van der Waals surface area (Å²) in [5, 5.41) is 0. The molecule has 8 heteroatoms. The number of ether oxygens (including phenoxy) is 1. The van der Waals surface area contributed by atoms with Crippen LogP contribution in [0.1, 0.15) is 49.9 Å². The molecule has 0 spiro atoms. The second-order valence-corrected chi connectivity index (χ2v) is 6.84. The van der Waals surface area contributed by atoms with Gasteiger partial charge in [0.25, 0.3) is 0 Å². The van der Waals surface area contributed by atoms with E-state index in [1.807, 2.05) is 19.1 Å². The van der Waals surface area contributed by atoms with Crippen molar-refractivity contribution in [3.05, 3.63) is 61.4 Å². The van der Waals surface area contributed by atoms with E-state index in [0.717, 1.165) is 5.56 Å². The molecule has 0 unspecified atom stereocenters. The van der Waals surface area contributed by atoms with E-state index in [-0.39, 0.29) is 29.5 Å². The maximum absolute atomic E-state index is 11.7. The van der Waals surface area contributed by atoms with Gasteiger partial charge in [0.1, 0.15) is 0 Å². The average molecular weight is 464 g/mol. The van der Waals surface area contributed by atoms with E-state index < -0.39 is 0 Å². The van der Waals surface area contributed by atoms with Crippen LogP contribution in [-0.4, -0.2) is 48.6 Å². The molecule has 1 aliphatic carbocycles. The Labute approximate surface area is 195 Å². The molecule has 166 valence electrons. The van der Waals surface area contributed by atoms with Crippen LogP contribution >= 0.6 is 0 Å². The molecular weight excluding hydrogens is 436 g/mol. The van der Waals surface area contributed by atoms with E-state index in [1.165, 1.54) is 37.3 Å². The first-order chi connectivity index (χ1) is 14.6. The van der Waals surface area contributed by atoms with Crippen LogP contribution in [0.15, 0.2) is 30.3 Å². The zero-order chi connectivity index (χ0) is 23.1. The van der Waals surface area contributed by atoms with Crippen molar-refractivity contribution in [2.24, 2.45) is 0 Å². The number of carbonyl (C=O) groups is 1. The van der Waals surface area contributed by atoms with Gasteiger partial charge in [0.05, 0.1) is 12.8 Å². The maximum atomic E-state index is 11.7. The third-order valence-corrected chi connectivity index (χ3v) is 5.47. The van der Waals surface area contributed by atoms with Gasteiger partial charge in [-0.3, -0.25) is 9.80 Å². The van der Waals surface area contributed by atoms with Gasteiger partial charge in [-0.05, 0) is 51.1 Å². The molecule has 0 aromatic heterocycles. The fraction of sp³-hybridized carbons (Fsp3) is 0.478. The van der Waals surface area contributed by atoms with Gasteiger partial charge in [-0.25, -0.2) is 4.79 Å². The van der Waals surface area contributed by atoms with Crippen LogP contribution in [0.5, 0.6) is 0 Å². The topological polar surface area (TPSA) is 92.5 Å². The van der Waals surface area contributed by atoms with Crippen molar-refractivity contribution in [1.82, 2.24) is 9.80 Å². The van der Waals surface area contributed by atoms with Crippen molar-refractivity contribution in [2.75, 3.05) is 20.7 Å². The fourth-order valence-electron chi connectivity index (χ4n) is 4.38. The number of benzene rings is 1. The Balaban J connectivity index is 0. The standard InChI is InChI=1S/C20H28N2O2.3CO.Cr/c1-4-24-19(23)14-13-15-9-5-6-10-16(15)20-21(2)17-11-7-8-12-18(17)22(20)3;3*1-2;/h5-6,9-10,13-14,17-18,20H,4,7-8,11-12H2,1-3H3;;;;/b14-13+;;;;/t17-,18-;;;;/m1..../s1. The molecule has 1 aromatic rings. The first kappa shape index (κ1) is 31.3. The number of hydrogen-bond acceptors (Lipinski definition) is 4. The molecule has 1 saturated heterocycles. The summed E-state index contributed by atoms with van der Waals surface area (Å²) in [6, 6.07) is 9.64. The van der Waals surface area contributed by atoms with Crippen molar-refractivity contribution < 1.29 is 40.8 Å². The number of esters is 1. The average Bonchev–Trinajstić information content (AvgIpc) is 3.07. The molecule has 0 bridgehead atoms. The molecule has 31 heavy (non-hydrogen) atoms. The summed E-state index contributed by atoms with van der Waals surface area (Å²) in [7, 11) is 4.48. The van der Waals surface area contributed by atoms with Gasteiger partial charge in [-0.15, -0.1) is 0 Å². The van der Waals surface area contributed by atoms with Crippen LogP contribution in [0.3, 0.4) is 0 Å². The molecule has 1 heterocycles. The normalized spacial score (nSPS) is 20.3.